The molecule has 0 aliphatic heterocycles. The van der Waals surface area contributed by atoms with Gasteiger partial charge in [0.1, 0.15) is 0 Å². The molecule has 0 saturated heterocycles. The van der Waals surface area contributed by atoms with Crippen molar-refractivity contribution in [1.29, 1.82) is 0 Å². The third-order valence-electron chi connectivity index (χ3n) is 3.00. The van der Waals surface area contributed by atoms with E-state index in [1.54, 1.807) is 25.1 Å². The van der Waals surface area contributed by atoms with Gasteiger partial charge in [0.2, 0.25) is 0 Å². The summed E-state index contributed by atoms with van der Waals surface area (Å²) in [6, 6.07) is 15.0. The molecule has 2 nitrogen and oxygen atoms in total. The molecule has 2 heteroatoms. The highest BCUT2D eigenvalue weighted by Gasteiger charge is 1.97. The third-order valence-corrected chi connectivity index (χ3v) is 3.00. The second kappa shape index (κ2) is 7.23. The molecule has 0 aliphatic carbocycles. The maximum atomic E-state index is 11.2. The number of hydrogen-bond donors (Lipinski definition) is 1. The topological polar surface area (TPSA) is 37.3 Å². The Kier molecular flexibility index (Phi) is 5.09. The Balaban J connectivity index is 2.26. The molecule has 0 amide bonds. The largest absolute Gasteiger partial charge is 0.392 e. The van der Waals surface area contributed by atoms with Crippen LogP contribution in [0.2, 0.25) is 0 Å². The van der Waals surface area contributed by atoms with Crippen molar-refractivity contribution in [2.45, 2.75) is 6.92 Å². The molecule has 2 rings (SSSR count). The number of carbonyl (C=O) groups is 1. The van der Waals surface area contributed by atoms with Crippen LogP contribution in [0.1, 0.15) is 34.0 Å². The minimum atomic E-state index is 0.00821. The summed E-state index contributed by atoms with van der Waals surface area (Å²) in [5, 5.41) is 8.85. The molecular weight excluding hydrogens is 260 g/mol. The average molecular weight is 276 g/mol. The van der Waals surface area contributed by atoms with Gasteiger partial charge in [-0.3, -0.25) is 4.79 Å². The van der Waals surface area contributed by atoms with Crippen molar-refractivity contribution in [2.24, 2.45) is 0 Å². The van der Waals surface area contributed by atoms with Crippen molar-refractivity contribution in [2.75, 3.05) is 6.61 Å². The number of benzene rings is 2. The maximum Gasteiger partial charge on any atom is 0.159 e. The quantitative estimate of drug-likeness (QED) is 0.690. The van der Waals surface area contributed by atoms with E-state index in [-0.39, 0.29) is 12.4 Å². The molecule has 0 unspecified atom stereocenters. The Hall–Kier alpha value is -2.63. The van der Waals surface area contributed by atoms with Crippen LogP contribution in [0, 0.1) is 11.8 Å². The normalized spacial score (nSPS) is 10.2. The zero-order valence-electron chi connectivity index (χ0n) is 11.8. The summed E-state index contributed by atoms with van der Waals surface area (Å²) >= 11 is 0. The number of carbonyl (C=O) groups excluding carboxylic acids is 1. The SMILES string of the molecule is CC(=O)c1ccc(C#Cc2ccccc2C=CCO)cc1. The number of aliphatic hydroxyl groups is 1. The molecule has 0 heterocycles. The first-order chi connectivity index (χ1) is 10.2. The first-order valence-electron chi connectivity index (χ1n) is 6.70. The number of hydrogen-bond acceptors (Lipinski definition) is 2. The fourth-order valence-corrected chi connectivity index (χ4v) is 1.86. The molecule has 0 bridgehead atoms. The van der Waals surface area contributed by atoms with Crippen LogP contribution in [0.3, 0.4) is 0 Å². The van der Waals surface area contributed by atoms with E-state index in [1.165, 1.54) is 0 Å². The summed E-state index contributed by atoms with van der Waals surface area (Å²) in [5.74, 6) is 6.26. The van der Waals surface area contributed by atoms with Gasteiger partial charge in [0, 0.05) is 16.7 Å². The monoisotopic (exact) mass is 276 g/mol. The maximum absolute atomic E-state index is 11.2. The van der Waals surface area contributed by atoms with E-state index in [2.05, 4.69) is 11.8 Å². The van der Waals surface area contributed by atoms with E-state index in [0.717, 1.165) is 16.7 Å². The van der Waals surface area contributed by atoms with Crippen LogP contribution >= 0.6 is 0 Å². The predicted octanol–water partition coefficient (Wildman–Crippen LogP) is 3.29. The van der Waals surface area contributed by atoms with Gasteiger partial charge in [0.15, 0.2) is 5.78 Å². The minimum Gasteiger partial charge on any atom is -0.392 e. The molecule has 0 fully saturated rings. The van der Waals surface area contributed by atoms with E-state index in [9.17, 15) is 4.79 Å². The molecule has 0 aromatic heterocycles. The molecule has 2 aromatic rings. The van der Waals surface area contributed by atoms with Crippen molar-refractivity contribution in [3.05, 3.63) is 76.9 Å². The van der Waals surface area contributed by atoms with Crippen LogP contribution in [-0.2, 0) is 0 Å². The Morgan fingerprint density at radius 2 is 1.81 bits per heavy atom. The molecule has 21 heavy (non-hydrogen) atoms. The van der Waals surface area contributed by atoms with E-state index in [0.29, 0.717) is 5.56 Å². The third kappa shape index (κ3) is 4.17. The lowest BCUT2D eigenvalue weighted by atomic mass is 10.1. The van der Waals surface area contributed by atoms with Crippen LogP contribution in [0.15, 0.2) is 54.6 Å². The fraction of sp³-hybridized carbons (Fsp3) is 0.105. The van der Waals surface area contributed by atoms with Crippen LogP contribution in [0.25, 0.3) is 6.08 Å². The predicted molar refractivity (Wildman–Crippen MR) is 85.0 cm³/mol. The second-order valence-corrected chi connectivity index (χ2v) is 4.56. The van der Waals surface area contributed by atoms with Gasteiger partial charge in [-0.25, -0.2) is 0 Å². The zero-order chi connectivity index (χ0) is 15.1. The van der Waals surface area contributed by atoms with E-state index >= 15 is 0 Å². The highest BCUT2D eigenvalue weighted by atomic mass is 16.2. The van der Waals surface area contributed by atoms with Gasteiger partial charge in [-0.2, -0.15) is 0 Å². The average Bonchev–Trinajstić information content (AvgIpc) is 2.52. The first kappa shape index (κ1) is 14.8. The molecular formula is C19H16O2. The van der Waals surface area contributed by atoms with Crippen LogP contribution < -0.4 is 0 Å². The summed E-state index contributed by atoms with van der Waals surface area (Å²) in [7, 11) is 0. The van der Waals surface area contributed by atoms with Crippen molar-refractivity contribution >= 4 is 11.9 Å². The van der Waals surface area contributed by atoms with Gasteiger partial charge < -0.3 is 5.11 Å². The highest BCUT2D eigenvalue weighted by molar-refractivity contribution is 5.94. The van der Waals surface area contributed by atoms with Crippen LogP contribution in [0.5, 0.6) is 0 Å². The number of rotatable bonds is 3. The van der Waals surface area contributed by atoms with Crippen molar-refractivity contribution < 1.29 is 9.90 Å². The minimum absolute atomic E-state index is 0.00821. The lowest BCUT2D eigenvalue weighted by Crippen LogP contribution is -1.90. The standard InChI is InChI=1S/C19H16O2/c1-15(21)17-11-8-16(9-12-17)10-13-19-6-3-2-5-18(19)7-4-14-20/h2-9,11-12,20H,14H2,1H3. The second-order valence-electron chi connectivity index (χ2n) is 4.56. The summed E-state index contributed by atoms with van der Waals surface area (Å²) in [5.41, 5.74) is 3.42. The van der Waals surface area contributed by atoms with Crippen molar-refractivity contribution in [3.8, 4) is 11.8 Å². The van der Waals surface area contributed by atoms with E-state index in [4.69, 9.17) is 5.11 Å². The first-order valence-corrected chi connectivity index (χ1v) is 6.70. The number of aliphatic hydroxyl groups excluding tert-OH is 1. The van der Waals surface area contributed by atoms with E-state index in [1.807, 2.05) is 42.5 Å². The van der Waals surface area contributed by atoms with Gasteiger partial charge in [-0.15, -0.1) is 0 Å². The Bertz CT molecular complexity index is 713. The summed E-state index contributed by atoms with van der Waals surface area (Å²) < 4.78 is 0. The van der Waals surface area contributed by atoms with Crippen LogP contribution in [-0.4, -0.2) is 17.5 Å². The Labute approximate surface area is 124 Å². The molecule has 0 aliphatic rings. The lowest BCUT2D eigenvalue weighted by Gasteiger charge is -1.98. The molecule has 0 spiro atoms. The fourth-order valence-electron chi connectivity index (χ4n) is 1.86. The van der Waals surface area contributed by atoms with Gasteiger partial charge in [0.25, 0.3) is 0 Å². The van der Waals surface area contributed by atoms with Gasteiger partial charge in [-0.05, 0) is 30.7 Å². The molecule has 104 valence electrons. The number of ketones is 1. The zero-order valence-corrected chi connectivity index (χ0v) is 11.8. The molecule has 1 N–H and O–H groups in total. The lowest BCUT2D eigenvalue weighted by molar-refractivity contribution is 0.101. The summed E-state index contributed by atoms with van der Waals surface area (Å²) in [4.78, 5) is 11.2. The molecule has 0 radical (unpaired) electrons. The van der Waals surface area contributed by atoms with E-state index < -0.39 is 0 Å². The smallest absolute Gasteiger partial charge is 0.159 e. The highest BCUT2D eigenvalue weighted by Crippen LogP contribution is 2.10. The van der Waals surface area contributed by atoms with Crippen LogP contribution in [0.4, 0.5) is 0 Å². The van der Waals surface area contributed by atoms with Crippen molar-refractivity contribution in [1.82, 2.24) is 0 Å². The molecule has 2 aromatic carbocycles. The summed E-state index contributed by atoms with van der Waals surface area (Å²) in [6.07, 6.45) is 3.53. The van der Waals surface area contributed by atoms with Gasteiger partial charge in [-0.1, -0.05) is 54.3 Å². The van der Waals surface area contributed by atoms with Gasteiger partial charge >= 0.3 is 0 Å². The Morgan fingerprint density at radius 1 is 1.10 bits per heavy atom. The van der Waals surface area contributed by atoms with Gasteiger partial charge in [0.05, 0.1) is 6.61 Å². The number of Topliss-reactive ketones (excluding diaryl/α,β-unsaturated/α-hetero) is 1. The Morgan fingerprint density at radius 3 is 2.48 bits per heavy atom. The summed E-state index contributed by atoms with van der Waals surface area (Å²) in [6.45, 7) is 1.55. The van der Waals surface area contributed by atoms with Crippen molar-refractivity contribution in [3.63, 3.8) is 0 Å². The molecule has 0 saturated carbocycles. The molecule has 0 atom stereocenters.